The predicted molar refractivity (Wildman–Crippen MR) is 57.5 cm³/mol. The fourth-order valence-electron chi connectivity index (χ4n) is 1.22. The van der Waals surface area contributed by atoms with Gasteiger partial charge < -0.3 is 0 Å². The molecular weight excluding hydrogens is 196 g/mol. The van der Waals surface area contributed by atoms with Crippen LogP contribution < -0.4 is 0 Å². The Bertz CT molecular complexity index is 296. The fraction of sp³-hybridized carbons (Fsp3) is 0.700. The first-order valence-electron chi connectivity index (χ1n) is 5.09. The Hall–Kier alpha value is -0.770. The Kier molecular flexibility index (Phi) is 4.73. The maximum Gasteiger partial charge on any atom is 0.142 e. The molecule has 0 radical (unpaired) electrons. The van der Waals surface area contributed by atoms with Crippen LogP contribution in [-0.2, 0) is 17.6 Å². The van der Waals surface area contributed by atoms with E-state index in [0.29, 0.717) is 12.8 Å². The van der Waals surface area contributed by atoms with Crippen LogP contribution in [0.15, 0.2) is 0 Å². The quantitative estimate of drug-likeness (QED) is 0.727. The van der Waals surface area contributed by atoms with Crippen LogP contribution in [0.3, 0.4) is 0 Å². The summed E-state index contributed by atoms with van der Waals surface area (Å²) in [7, 11) is 0. The van der Waals surface area contributed by atoms with Gasteiger partial charge >= 0.3 is 0 Å². The van der Waals surface area contributed by atoms with Crippen LogP contribution in [0, 0.1) is 0 Å². The molecule has 1 rings (SSSR count). The second kappa shape index (κ2) is 5.86. The summed E-state index contributed by atoms with van der Waals surface area (Å²) in [6, 6.07) is 0. The van der Waals surface area contributed by atoms with Gasteiger partial charge in [-0.3, -0.25) is 4.79 Å². The number of rotatable bonds is 6. The lowest BCUT2D eigenvalue weighted by Gasteiger charge is -1.92. The first-order valence-corrected chi connectivity index (χ1v) is 5.86. The number of hydrogen-bond donors (Lipinski definition) is 0. The van der Waals surface area contributed by atoms with Crippen molar-refractivity contribution in [2.45, 2.75) is 46.0 Å². The van der Waals surface area contributed by atoms with Crippen molar-refractivity contribution in [3.8, 4) is 0 Å². The topological polar surface area (TPSA) is 42.9 Å². The van der Waals surface area contributed by atoms with E-state index in [1.807, 2.05) is 6.92 Å². The molecule has 0 spiro atoms. The lowest BCUT2D eigenvalue weighted by atomic mass is 10.2. The average Bonchev–Trinajstić information content (AvgIpc) is 2.53. The summed E-state index contributed by atoms with van der Waals surface area (Å²) in [5.74, 6) is 1.16. The van der Waals surface area contributed by atoms with Gasteiger partial charge in [-0.15, -0.1) is 0 Å². The van der Waals surface area contributed by atoms with E-state index in [0.717, 1.165) is 30.1 Å². The molecule has 0 saturated carbocycles. The Morgan fingerprint density at radius 1 is 1.36 bits per heavy atom. The third-order valence-electron chi connectivity index (χ3n) is 1.86. The molecule has 1 aromatic heterocycles. The van der Waals surface area contributed by atoms with E-state index in [9.17, 15) is 4.79 Å². The van der Waals surface area contributed by atoms with Crippen LogP contribution >= 0.6 is 11.5 Å². The van der Waals surface area contributed by atoms with Gasteiger partial charge in [-0.2, -0.15) is 4.37 Å². The molecule has 0 amide bonds. The van der Waals surface area contributed by atoms with Crippen molar-refractivity contribution in [3.63, 3.8) is 0 Å². The van der Waals surface area contributed by atoms with Gasteiger partial charge in [0.15, 0.2) is 0 Å². The summed E-state index contributed by atoms with van der Waals surface area (Å²) in [4.78, 5) is 15.6. The standard InChI is InChI=1S/C10H16N2OS/c1-3-5-8(13)7-10-11-9(6-4-2)12-14-10/h3-7H2,1-2H3. The average molecular weight is 212 g/mol. The minimum atomic E-state index is 0.270. The van der Waals surface area contributed by atoms with Crippen LogP contribution in [0.2, 0.25) is 0 Å². The van der Waals surface area contributed by atoms with E-state index in [1.165, 1.54) is 11.5 Å². The number of aryl methyl sites for hydroxylation is 1. The van der Waals surface area contributed by atoms with Gasteiger partial charge in [0.25, 0.3) is 0 Å². The molecule has 14 heavy (non-hydrogen) atoms. The lowest BCUT2D eigenvalue weighted by molar-refractivity contribution is -0.118. The lowest BCUT2D eigenvalue weighted by Crippen LogP contribution is -2.01. The summed E-state index contributed by atoms with van der Waals surface area (Å²) >= 11 is 1.36. The van der Waals surface area contributed by atoms with Gasteiger partial charge in [0.05, 0.1) is 6.42 Å². The number of carbonyl (C=O) groups is 1. The van der Waals surface area contributed by atoms with Gasteiger partial charge in [0.1, 0.15) is 16.6 Å². The van der Waals surface area contributed by atoms with E-state index < -0.39 is 0 Å². The number of aromatic nitrogens is 2. The van der Waals surface area contributed by atoms with Crippen LogP contribution in [0.1, 0.15) is 43.9 Å². The molecule has 4 heteroatoms. The highest BCUT2D eigenvalue weighted by molar-refractivity contribution is 7.05. The highest BCUT2D eigenvalue weighted by atomic mass is 32.1. The minimum Gasteiger partial charge on any atom is -0.299 e. The molecule has 0 aromatic carbocycles. The van der Waals surface area contributed by atoms with E-state index in [1.54, 1.807) is 0 Å². The van der Waals surface area contributed by atoms with Crippen LogP contribution in [-0.4, -0.2) is 15.1 Å². The number of ketones is 1. The third-order valence-corrected chi connectivity index (χ3v) is 2.61. The molecule has 1 aromatic rings. The summed E-state index contributed by atoms with van der Waals surface area (Å²) in [6.07, 6.45) is 4.01. The minimum absolute atomic E-state index is 0.270. The smallest absolute Gasteiger partial charge is 0.142 e. The second-order valence-electron chi connectivity index (χ2n) is 3.32. The largest absolute Gasteiger partial charge is 0.299 e. The van der Waals surface area contributed by atoms with Gasteiger partial charge in [-0.05, 0) is 24.4 Å². The number of hydrogen-bond acceptors (Lipinski definition) is 4. The van der Waals surface area contributed by atoms with Crippen LogP contribution in [0.4, 0.5) is 0 Å². The van der Waals surface area contributed by atoms with Gasteiger partial charge in [-0.25, -0.2) is 4.98 Å². The Morgan fingerprint density at radius 2 is 2.14 bits per heavy atom. The van der Waals surface area contributed by atoms with Crippen molar-refractivity contribution >= 4 is 17.3 Å². The fourth-order valence-corrected chi connectivity index (χ4v) is 1.94. The van der Waals surface area contributed by atoms with Crippen molar-refractivity contribution in [1.29, 1.82) is 0 Å². The summed E-state index contributed by atoms with van der Waals surface area (Å²) in [5.41, 5.74) is 0. The normalized spacial score (nSPS) is 10.4. The molecule has 0 saturated heterocycles. The van der Waals surface area contributed by atoms with Crippen molar-refractivity contribution in [2.75, 3.05) is 0 Å². The van der Waals surface area contributed by atoms with Crippen molar-refractivity contribution < 1.29 is 4.79 Å². The highest BCUT2D eigenvalue weighted by Crippen LogP contribution is 2.08. The summed E-state index contributed by atoms with van der Waals surface area (Å²) in [6.45, 7) is 4.11. The zero-order valence-corrected chi connectivity index (χ0v) is 9.56. The first kappa shape index (κ1) is 11.3. The van der Waals surface area contributed by atoms with E-state index >= 15 is 0 Å². The zero-order chi connectivity index (χ0) is 10.4. The van der Waals surface area contributed by atoms with Crippen molar-refractivity contribution in [2.24, 2.45) is 0 Å². The van der Waals surface area contributed by atoms with E-state index in [2.05, 4.69) is 16.3 Å². The monoisotopic (exact) mass is 212 g/mol. The Morgan fingerprint density at radius 3 is 2.79 bits per heavy atom. The molecule has 0 aliphatic carbocycles. The van der Waals surface area contributed by atoms with Crippen LogP contribution in [0.25, 0.3) is 0 Å². The molecule has 0 unspecified atom stereocenters. The molecule has 0 fully saturated rings. The molecule has 0 atom stereocenters. The van der Waals surface area contributed by atoms with Gasteiger partial charge in [0, 0.05) is 12.8 Å². The Labute approximate surface area is 88.7 Å². The Balaban J connectivity index is 2.46. The first-order chi connectivity index (χ1) is 6.76. The summed E-state index contributed by atoms with van der Waals surface area (Å²) in [5, 5.41) is 0.868. The summed E-state index contributed by atoms with van der Waals surface area (Å²) < 4.78 is 4.20. The predicted octanol–water partition coefficient (Wildman–Crippen LogP) is 2.40. The van der Waals surface area contributed by atoms with Crippen LogP contribution in [0.5, 0.6) is 0 Å². The zero-order valence-electron chi connectivity index (χ0n) is 8.75. The van der Waals surface area contributed by atoms with Crippen molar-refractivity contribution in [3.05, 3.63) is 10.8 Å². The number of carbonyl (C=O) groups excluding carboxylic acids is 1. The molecular formula is C10H16N2OS. The van der Waals surface area contributed by atoms with Gasteiger partial charge in [-0.1, -0.05) is 13.8 Å². The third kappa shape index (κ3) is 3.54. The molecule has 0 N–H and O–H groups in total. The SMILES string of the molecule is CCCC(=O)Cc1nc(CCC)ns1. The maximum absolute atomic E-state index is 11.3. The maximum atomic E-state index is 11.3. The van der Waals surface area contributed by atoms with E-state index in [4.69, 9.17) is 0 Å². The van der Waals surface area contributed by atoms with E-state index in [-0.39, 0.29) is 5.78 Å². The van der Waals surface area contributed by atoms with Gasteiger partial charge in [0.2, 0.25) is 0 Å². The molecule has 0 aliphatic heterocycles. The molecule has 0 bridgehead atoms. The molecule has 3 nitrogen and oxygen atoms in total. The number of nitrogens with zero attached hydrogens (tertiary/aromatic N) is 2. The number of Topliss-reactive ketones (excluding diaryl/α,β-unsaturated/α-hetero) is 1. The molecule has 78 valence electrons. The molecule has 0 aliphatic rings. The molecule has 1 heterocycles. The second-order valence-corrected chi connectivity index (χ2v) is 4.16. The van der Waals surface area contributed by atoms with Crippen molar-refractivity contribution in [1.82, 2.24) is 9.36 Å². The highest BCUT2D eigenvalue weighted by Gasteiger charge is 2.07.